The molecule has 3 aliphatic carbocycles. The largest absolute Gasteiger partial charge is 0.313 e. The van der Waals surface area contributed by atoms with Gasteiger partial charge < -0.3 is 5.32 Å². The maximum Gasteiger partial charge on any atom is 0.0360 e. The summed E-state index contributed by atoms with van der Waals surface area (Å²) in [4.78, 5) is 0. The van der Waals surface area contributed by atoms with E-state index in [2.05, 4.69) is 5.32 Å². The van der Waals surface area contributed by atoms with Crippen molar-refractivity contribution in [2.24, 2.45) is 23.7 Å². The van der Waals surface area contributed by atoms with Crippen molar-refractivity contribution in [1.82, 2.24) is 5.32 Å². The first-order chi connectivity index (χ1) is 8.29. The molecular formula is C14H25NOS. The van der Waals surface area contributed by atoms with Gasteiger partial charge in [-0.05, 0) is 49.4 Å². The van der Waals surface area contributed by atoms with Crippen LogP contribution in [0, 0.1) is 23.7 Å². The van der Waals surface area contributed by atoms with Crippen molar-refractivity contribution in [3.63, 3.8) is 0 Å². The zero-order valence-corrected chi connectivity index (χ0v) is 11.7. The van der Waals surface area contributed by atoms with Gasteiger partial charge in [0.25, 0.3) is 0 Å². The highest BCUT2D eigenvalue weighted by Crippen LogP contribution is 2.58. The molecule has 6 atom stereocenters. The summed E-state index contributed by atoms with van der Waals surface area (Å²) in [6, 6.07) is 0.758. The van der Waals surface area contributed by atoms with E-state index in [4.69, 9.17) is 0 Å². The molecule has 0 aromatic heterocycles. The maximum atomic E-state index is 11.4. The number of hydrogen-bond donors (Lipinski definition) is 1. The van der Waals surface area contributed by atoms with Crippen LogP contribution in [-0.2, 0) is 10.8 Å². The molecule has 0 amide bonds. The highest BCUT2D eigenvalue weighted by atomic mass is 32.2. The van der Waals surface area contributed by atoms with Crippen molar-refractivity contribution in [1.29, 1.82) is 0 Å². The van der Waals surface area contributed by atoms with Crippen LogP contribution in [0.2, 0.25) is 0 Å². The second-order valence-electron chi connectivity index (χ2n) is 6.15. The first-order valence-electron chi connectivity index (χ1n) is 7.38. The molecule has 2 bridgehead atoms. The van der Waals surface area contributed by atoms with Crippen LogP contribution >= 0.6 is 0 Å². The normalized spacial score (nSPS) is 45.1. The van der Waals surface area contributed by atoms with E-state index in [1.807, 2.05) is 6.92 Å². The Bertz CT molecular complexity index is 307. The van der Waals surface area contributed by atoms with Crippen molar-refractivity contribution in [3.05, 3.63) is 0 Å². The van der Waals surface area contributed by atoms with Gasteiger partial charge in [-0.1, -0.05) is 13.3 Å². The van der Waals surface area contributed by atoms with E-state index in [0.29, 0.717) is 0 Å². The molecule has 0 aromatic rings. The molecule has 0 spiro atoms. The number of fused-ring (bicyclic) bond motifs is 5. The van der Waals surface area contributed by atoms with Crippen LogP contribution in [0.1, 0.15) is 39.0 Å². The summed E-state index contributed by atoms with van der Waals surface area (Å²) in [7, 11) is -0.597. The minimum atomic E-state index is -0.597. The van der Waals surface area contributed by atoms with Gasteiger partial charge in [-0.3, -0.25) is 4.21 Å². The Balaban J connectivity index is 1.49. The molecule has 0 radical (unpaired) electrons. The lowest BCUT2D eigenvalue weighted by molar-refractivity contribution is 0.211. The summed E-state index contributed by atoms with van der Waals surface area (Å²) in [5, 5.41) is 3.70. The Morgan fingerprint density at radius 1 is 1.18 bits per heavy atom. The van der Waals surface area contributed by atoms with E-state index >= 15 is 0 Å². The molecule has 98 valence electrons. The molecule has 1 N–H and O–H groups in total. The molecule has 3 rings (SSSR count). The Morgan fingerprint density at radius 2 is 2.00 bits per heavy atom. The summed E-state index contributed by atoms with van der Waals surface area (Å²) in [6.45, 7) is 2.97. The molecular weight excluding hydrogens is 230 g/mol. The molecule has 3 heteroatoms. The van der Waals surface area contributed by atoms with Gasteiger partial charge in [0, 0.05) is 34.9 Å². The van der Waals surface area contributed by atoms with E-state index in [1.165, 1.54) is 32.1 Å². The van der Waals surface area contributed by atoms with E-state index in [9.17, 15) is 4.21 Å². The minimum Gasteiger partial charge on any atom is -0.313 e. The number of hydrogen-bond acceptors (Lipinski definition) is 2. The van der Waals surface area contributed by atoms with Gasteiger partial charge in [0.2, 0.25) is 0 Å². The average Bonchev–Trinajstić information content (AvgIpc) is 3.00. The first kappa shape index (κ1) is 12.2. The van der Waals surface area contributed by atoms with Crippen LogP contribution in [0.15, 0.2) is 0 Å². The third-order valence-electron chi connectivity index (χ3n) is 5.49. The fourth-order valence-corrected chi connectivity index (χ4v) is 5.44. The van der Waals surface area contributed by atoms with Crippen molar-refractivity contribution in [2.75, 3.05) is 18.1 Å². The lowest BCUT2D eigenvalue weighted by Gasteiger charge is -2.32. The molecule has 6 unspecified atom stereocenters. The van der Waals surface area contributed by atoms with Crippen molar-refractivity contribution < 1.29 is 4.21 Å². The summed E-state index contributed by atoms with van der Waals surface area (Å²) in [5.74, 6) is 5.77. The summed E-state index contributed by atoms with van der Waals surface area (Å²) in [5.41, 5.74) is 0. The van der Waals surface area contributed by atoms with Gasteiger partial charge >= 0.3 is 0 Å². The average molecular weight is 255 g/mol. The van der Waals surface area contributed by atoms with Crippen LogP contribution in [0.5, 0.6) is 0 Å². The molecule has 0 aliphatic heterocycles. The fraction of sp³-hybridized carbons (Fsp3) is 1.00. The lowest BCUT2D eigenvalue weighted by atomic mass is 9.79. The summed E-state index contributed by atoms with van der Waals surface area (Å²) in [6.07, 6.45) is 7.38. The van der Waals surface area contributed by atoms with Gasteiger partial charge in [-0.15, -0.1) is 0 Å². The molecule has 17 heavy (non-hydrogen) atoms. The predicted molar refractivity (Wildman–Crippen MR) is 72.4 cm³/mol. The third-order valence-corrected chi connectivity index (χ3v) is 6.79. The van der Waals surface area contributed by atoms with E-state index in [-0.39, 0.29) is 0 Å². The van der Waals surface area contributed by atoms with E-state index in [0.717, 1.165) is 47.8 Å². The predicted octanol–water partition coefficient (Wildman–Crippen LogP) is 2.17. The smallest absolute Gasteiger partial charge is 0.0360 e. The topological polar surface area (TPSA) is 29.1 Å². The zero-order valence-electron chi connectivity index (χ0n) is 10.9. The lowest BCUT2D eigenvalue weighted by Crippen LogP contribution is -2.40. The Labute approximate surface area is 107 Å². The molecule has 3 fully saturated rings. The van der Waals surface area contributed by atoms with Crippen LogP contribution in [-0.4, -0.2) is 28.3 Å². The van der Waals surface area contributed by atoms with Gasteiger partial charge in [-0.2, -0.15) is 0 Å². The maximum absolute atomic E-state index is 11.4. The van der Waals surface area contributed by atoms with Crippen LogP contribution < -0.4 is 5.32 Å². The van der Waals surface area contributed by atoms with Crippen molar-refractivity contribution in [2.45, 2.75) is 45.1 Å². The monoisotopic (exact) mass is 255 g/mol. The molecule has 0 aromatic carbocycles. The Kier molecular flexibility index (Phi) is 3.58. The summed E-state index contributed by atoms with van der Waals surface area (Å²) < 4.78 is 11.4. The summed E-state index contributed by atoms with van der Waals surface area (Å²) >= 11 is 0. The Morgan fingerprint density at radius 3 is 2.82 bits per heavy atom. The minimum absolute atomic E-state index is 0.597. The van der Waals surface area contributed by atoms with Gasteiger partial charge in [0.05, 0.1) is 0 Å². The number of rotatable bonds is 5. The van der Waals surface area contributed by atoms with Crippen LogP contribution in [0.25, 0.3) is 0 Å². The van der Waals surface area contributed by atoms with Gasteiger partial charge in [-0.25, -0.2) is 0 Å². The molecule has 3 aliphatic rings. The molecule has 2 nitrogen and oxygen atoms in total. The highest BCUT2D eigenvalue weighted by molar-refractivity contribution is 7.84. The van der Waals surface area contributed by atoms with Gasteiger partial charge in [0.15, 0.2) is 0 Å². The Hall–Kier alpha value is 0.110. The SMILES string of the molecule is CCS(=O)CCNC1CC2CC1C1CCCC21. The molecule has 3 saturated carbocycles. The van der Waals surface area contributed by atoms with Gasteiger partial charge in [0.1, 0.15) is 0 Å². The second-order valence-corrected chi connectivity index (χ2v) is 8.01. The van der Waals surface area contributed by atoms with E-state index in [1.54, 1.807) is 0 Å². The van der Waals surface area contributed by atoms with Crippen LogP contribution in [0.4, 0.5) is 0 Å². The quantitative estimate of drug-likeness (QED) is 0.816. The standard InChI is InChI=1S/C14H25NOS/c1-2-17(16)7-6-15-14-9-10-8-13(14)12-5-3-4-11(10)12/h10-15H,2-9H2,1H3. The van der Waals surface area contributed by atoms with Crippen LogP contribution in [0.3, 0.4) is 0 Å². The molecule has 0 saturated heterocycles. The highest BCUT2D eigenvalue weighted by Gasteiger charge is 2.53. The molecule has 0 heterocycles. The zero-order chi connectivity index (χ0) is 11.8. The number of nitrogens with one attached hydrogen (secondary N) is 1. The van der Waals surface area contributed by atoms with Crippen molar-refractivity contribution in [3.8, 4) is 0 Å². The third kappa shape index (κ3) is 2.21. The second kappa shape index (κ2) is 5.00. The van der Waals surface area contributed by atoms with Crippen molar-refractivity contribution >= 4 is 10.8 Å². The van der Waals surface area contributed by atoms with E-state index < -0.39 is 10.8 Å². The fourth-order valence-electron chi connectivity index (χ4n) is 4.81. The first-order valence-corrected chi connectivity index (χ1v) is 8.86.